The topological polar surface area (TPSA) is 0 Å². The van der Waals surface area contributed by atoms with Crippen LogP contribution in [0.2, 0.25) is 5.02 Å². The lowest BCUT2D eigenvalue weighted by molar-refractivity contribution is 1.38. The van der Waals surface area contributed by atoms with Crippen LogP contribution in [0.1, 0.15) is 5.56 Å². The van der Waals surface area contributed by atoms with E-state index in [1.54, 1.807) is 11.8 Å². The number of hydrogen-bond donors (Lipinski definition) is 0. The lowest BCUT2D eigenvalue weighted by Gasteiger charge is -2.04. The number of halogens is 2. The molecule has 3 heteroatoms. The van der Waals surface area contributed by atoms with Crippen LogP contribution >= 0.6 is 39.3 Å². The predicted molar refractivity (Wildman–Crippen MR) is 75.2 cm³/mol. The molecular weight excluding hydrogens is 304 g/mol. The van der Waals surface area contributed by atoms with Gasteiger partial charge in [0.2, 0.25) is 0 Å². The van der Waals surface area contributed by atoms with Gasteiger partial charge in [0.25, 0.3) is 0 Å². The molecule has 16 heavy (non-hydrogen) atoms. The van der Waals surface area contributed by atoms with Crippen LogP contribution in [0, 0.1) is 0 Å². The summed E-state index contributed by atoms with van der Waals surface area (Å²) in [5.41, 5.74) is 1.18. The van der Waals surface area contributed by atoms with Crippen molar-refractivity contribution in [1.82, 2.24) is 0 Å². The summed E-state index contributed by atoms with van der Waals surface area (Å²) < 4.78 is 1.11. The molecule has 0 amide bonds. The van der Waals surface area contributed by atoms with E-state index in [1.807, 2.05) is 18.2 Å². The van der Waals surface area contributed by atoms with Crippen LogP contribution in [0.15, 0.2) is 57.9 Å². The number of rotatable bonds is 3. The molecule has 0 aliphatic carbocycles. The van der Waals surface area contributed by atoms with Crippen LogP contribution in [0.3, 0.4) is 0 Å². The van der Waals surface area contributed by atoms with Gasteiger partial charge < -0.3 is 0 Å². The Hall–Kier alpha value is -0.440. The first-order valence-electron chi connectivity index (χ1n) is 4.87. The predicted octanol–water partition coefficient (Wildman–Crippen LogP) is 5.39. The first kappa shape index (κ1) is 12.0. The second kappa shape index (κ2) is 5.76. The molecule has 0 bridgehead atoms. The van der Waals surface area contributed by atoms with E-state index in [9.17, 15) is 0 Å². The third-order valence-corrected chi connectivity index (χ3v) is 4.12. The zero-order valence-corrected chi connectivity index (χ0v) is 11.6. The van der Waals surface area contributed by atoms with E-state index in [4.69, 9.17) is 11.6 Å². The second-order valence-electron chi connectivity index (χ2n) is 3.33. The van der Waals surface area contributed by atoms with Crippen LogP contribution in [0.25, 0.3) is 0 Å². The van der Waals surface area contributed by atoms with Gasteiger partial charge in [-0.25, -0.2) is 0 Å². The van der Waals surface area contributed by atoms with Crippen LogP contribution in [-0.2, 0) is 5.75 Å². The largest absolute Gasteiger partial charge is 0.121 e. The Kier molecular flexibility index (Phi) is 4.33. The Labute approximate surface area is 113 Å². The van der Waals surface area contributed by atoms with Gasteiger partial charge in [-0.2, -0.15) is 0 Å². The number of thioether (sulfide) groups is 1. The van der Waals surface area contributed by atoms with Gasteiger partial charge in [0.1, 0.15) is 0 Å². The Balaban J connectivity index is 2.02. The van der Waals surface area contributed by atoms with Gasteiger partial charge in [-0.3, -0.25) is 0 Å². The first-order chi connectivity index (χ1) is 7.75. The van der Waals surface area contributed by atoms with Gasteiger partial charge >= 0.3 is 0 Å². The summed E-state index contributed by atoms with van der Waals surface area (Å²) in [5, 5.41) is 0.840. The molecule has 2 aromatic carbocycles. The molecule has 0 spiro atoms. The molecule has 0 fully saturated rings. The molecule has 2 aromatic rings. The van der Waals surface area contributed by atoms with E-state index < -0.39 is 0 Å². The highest BCUT2D eigenvalue weighted by Gasteiger charge is 2.00. The van der Waals surface area contributed by atoms with E-state index >= 15 is 0 Å². The molecule has 0 nitrogen and oxygen atoms in total. The smallest absolute Gasteiger partial charge is 0.0446 e. The maximum absolute atomic E-state index is 6.09. The van der Waals surface area contributed by atoms with Crippen molar-refractivity contribution in [2.24, 2.45) is 0 Å². The van der Waals surface area contributed by atoms with Crippen LogP contribution < -0.4 is 0 Å². The molecular formula is C13H10BrClS. The van der Waals surface area contributed by atoms with Gasteiger partial charge in [-0.1, -0.05) is 45.7 Å². The minimum absolute atomic E-state index is 0.840. The normalized spacial score (nSPS) is 10.4. The fourth-order valence-electron chi connectivity index (χ4n) is 1.31. The molecule has 0 N–H and O–H groups in total. The third-order valence-electron chi connectivity index (χ3n) is 2.17. The Bertz CT molecular complexity index is 468. The molecule has 0 atom stereocenters. The summed E-state index contributed by atoms with van der Waals surface area (Å²) in [5.74, 6) is 0.904. The zero-order valence-electron chi connectivity index (χ0n) is 8.49. The van der Waals surface area contributed by atoms with Gasteiger partial charge in [0.05, 0.1) is 0 Å². The highest BCUT2D eigenvalue weighted by molar-refractivity contribution is 9.10. The SMILES string of the molecule is Clc1ccccc1CSc1ccc(Br)cc1. The zero-order chi connectivity index (χ0) is 11.4. The quantitative estimate of drug-likeness (QED) is 0.684. The van der Waals surface area contributed by atoms with E-state index in [1.165, 1.54) is 10.5 Å². The minimum atomic E-state index is 0.840. The highest BCUT2D eigenvalue weighted by Crippen LogP contribution is 2.27. The standard InChI is InChI=1S/C13H10BrClS/c14-11-5-7-12(8-6-11)16-9-10-3-1-2-4-13(10)15/h1-8H,9H2. The highest BCUT2D eigenvalue weighted by atomic mass is 79.9. The second-order valence-corrected chi connectivity index (χ2v) is 5.71. The average molecular weight is 314 g/mol. The summed E-state index contributed by atoms with van der Waals surface area (Å²) in [6.45, 7) is 0. The van der Waals surface area contributed by atoms with Gasteiger partial charge in [-0.15, -0.1) is 11.8 Å². The molecule has 0 aliphatic heterocycles. The van der Waals surface area contributed by atoms with Crippen molar-refractivity contribution >= 4 is 39.3 Å². The summed E-state index contributed by atoms with van der Waals surface area (Å²) in [4.78, 5) is 1.25. The molecule has 0 aromatic heterocycles. The van der Waals surface area contributed by atoms with Crippen molar-refractivity contribution in [1.29, 1.82) is 0 Å². The fourth-order valence-corrected chi connectivity index (χ4v) is 2.76. The molecule has 0 heterocycles. The summed E-state index contributed by atoms with van der Waals surface area (Å²) in [7, 11) is 0. The fraction of sp³-hybridized carbons (Fsp3) is 0.0769. The van der Waals surface area contributed by atoms with Gasteiger partial charge in [-0.05, 0) is 35.9 Å². The molecule has 0 saturated heterocycles. The van der Waals surface area contributed by atoms with Gasteiger partial charge in [0, 0.05) is 20.1 Å². The molecule has 0 unspecified atom stereocenters. The Morgan fingerprint density at radius 1 is 1.00 bits per heavy atom. The molecule has 0 radical (unpaired) electrons. The summed E-state index contributed by atoms with van der Waals surface area (Å²) in [6.07, 6.45) is 0. The van der Waals surface area contributed by atoms with Crippen LogP contribution in [0.5, 0.6) is 0 Å². The maximum atomic E-state index is 6.09. The van der Waals surface area contributed by atoms with Crippen molar-refractivity contribution in [2.45, 2.75) is 10.6 Å². The average Bonchev–Trinajstić information content (AvgIpc) is 2.30. The van der Waals surface area contributed by atoms with Gasteiger partial charge in [0.15, 0.2) is 0 Å². The van der Waals surface area contributed by atoms with Crippen LogP contribution in [0.4, 0.5) is 0 Å². The van der Waals surface area contributed by atoms with Crippen molar-refractivity contribution < 1.29 is 0 Å². The summed E-state index contributed by atoms with van der Waals surface area (Å²) in [6, 6.07) is 16.3. The Morgan fingerprint density at radius 3 is 2.38 bits per heavy atom. The monoisotopic (exact) mass is 312 g/mol. The third kappa shape index (κ3) is 3.27. The number of benzene rings is 2. The van der Waals surface area contributed by atoms with E-state index in [2.05, 4.69) is 46.3 Å². The lowest BCUT2D eigenvalue weighted by atomic mass is 10.2. The lowest BCUT2D eigenvalue weighted by Crippen LogP contribution is -1.81. The van der Waals surface area contributed by atoms with E-state index in [0.717, 1.165) is 15.2 Å². The molecule has 82 valence electrons. The molecule has 0 saturated carbocycles. The maximum Gasteiger partial charge on any atom is 0.0446 e. The first-order valence-corrected chi connectivity index (χ1v) is 7.03. The molecule has 2 rings (SSSR count). The molecule has 0 aliphatic rings. The minimum Gasteiger partial charge on any atom is -0.121 e. The van der Waals surface area contributed by atoms with Crippen LogP contribution in [-0.4, -0.2) is 0 Å². The van der Waals surface area contributed by atoms with Crippen molar-refractivity contribution in [3.63, 3.8) is 0 Å². The van der Waals surface area contributed by atoms with Crippen molar-refractivity contribution in [3.8, 4) is 0 Å². The Morgan fingerprint density at radius 2 is 1.69 bits per heavy atom. The number of hydrogen-bond acceptors (Lipinski definition) is 1. The van der Waals surface area contributed by atoms with E-state index in [-0.39, 0.29) is 0 Å². The van der Waals surface area contributed by atoms with Crippen molar-refractivity contribution in [3.05, 3.63) is 63.6 Å². The van der Waals surface area contributed by atoms with Crippen molar-refractivity contribution in [2.75, 3.05) is 0 Å². The summed E-state index contributed by atoms with van der Waals surface area (Å²) >= 11 is 11.3. The van der Waals surface area contributed by atoms with E-state index in [0.29, 0.717) is 0 Å².